The number of hydrogen-bond acceptors (Lipinski definition) is 8. The molecule has 4 aromatic carbocycles. The summed E-state index contributed by atoms with van der Waals surface area (Å²) in [6, 6.07) is 24.2. The van der Waals surface area contributed by atoms with E-state index in [-0.39, 0.29) is 30.1 Å². The molecule has 4 aromatic rings. The number of alkyl halides is 2. The third kappa shape index (κ3) is 9.08. The zero-order chi connectivity index (χ0) is 46.6. The van der Waals surface area contributed by atoms with Gasteiger partial charge in [-0.15, -0.1) is 3.98 Å². The molecule has 0 radical (unpaired) electrons. The topological polar surface area (TPSA) is 152 Å². The number of halogens is 2. The van der Waals surface area contributed by atoms with Crippen molar-refractivity contribution in [3.05, 3.63) is 131 Å². The van der Waals surface area contributed by atoms with Gasteiger partial charge in [-0.1, -0.05) is 101 Å². The van der Waals surface area contributed by atoms with E-state index in [0.29, 0.717) is 60.8 Å². The monoisotopic (exact) mass is 936 g/mol. The zero-order valence-corrected chi connectivity index (χ0v) is 39.4. The molecule has 2 aliphatic heterocycles. The molecule has 0 aromatic heterocycles. The number of sulfonamides is 1. The van der Waals surface area contributed by atoms with E-state index in [4.69, 9.17) is 0 Å². The van der Waals surface area contributed by atoms with E-state index in [1.165, 1.54) is 0 Å². The minimum absolute atomic E-state index is 0.146. The fourth-order valence-electron chi connectivity index (χ4n) is 9.82. The third-order valence-corrected chi connectivity index (χ3v) is 16.3. The number of rotatable bonds is 14. The van der Waals surface area contributed by atoms with Gasteiger partial charge >= 0.3 is 15.3 Å². The second kappa shape index (κ2) is 17.2. The predicted molar refractivity (Wildman–Crippen MR) is 252 cm³/mol. The number of anilines is 2. The summed E-state index contributed by atoms with van der Waals surface area (Å²) in [6.45, 7) is 9.57. The molecule has 1 saturated carbocycles. The van der Waals surface area contributed by atoms with E-state index in [9.17, 15) is 34.4 Å². The Hall–Kier alpha value is -4.74. The minimum atomic E-state index is -5.18. The molecule has 0 amide bonds. The van der Waals surface area contributed by atoms with E-state index in [0.717, 1.165) is 62.5 Å². The highest BCUT2D eigenvalue weighted by molar-refractivity contribution is 7.86. The molecule has 7 rings (SSSR count). The van der Waals surface area contributed by atoms with Crippen molar-refractivity contribution in [2.75, 3.05) is 41.4 Å². The Labute approximate surface area is 375 Å². The number of unbranched alkanes of at least 4 members (excludes halogenated alkanes) is 2. The third-order valence-electron chi connectivity index (χ3n) is 12.9. The first-order valence-electron chi connectivity index (χ1n) is 21.4. The van der Waals surface area contributed by atoms with Crippen molar-refractivity contribution in [1.82, 2.24) is 0 Å². The quantitative estimate of drug-likeness (QED) is 0.0710. The van der Waals surface area contributed by atoms with Gasteiger partial charge in [0, 0.05) is 64.8 Å². The van der Waals surface area contributed by atoms with Crippen molar-refractivity contribution in [3.63, 3.8) is 0 Å². The Morgan fingerprint density at radius 2 is 1.02 bits per heavy atom. The summed E-state index contributed by atoms with van der Waals surface area (Å²) < 4.78 is 123. The predicted octanol–water partition coefficient (Wildman–Crippen LogP) is 9.66. The largest absolute Gasteiger partial charge is 0.429 e. The number of benzene rings is 4. The summed E-state index contributed by atoms with van der Waals surface area (Å²) in [5, 5.41) is 0.0873. The molecule has 2 heterocycles. The molecule has 16 heteroatoms. The summed E-state index contributed by atoms with van der Waals surface area (Å²) in [4.78, 5) is 4.24. The Bertz CT molecular complexity index is 2860. The van der Waals surface area contributed by atoms with Crippen molar-refractivity contribution >= 4 is 68.9 Å². The summed E-state index contributed by atoms with van der Waals surface area (Å²) in [6.07, 6.45) is 9.47. The lowest BCUT2D eigenvalue weighted by molar-refractivity contribution is -0.334. The summed E-state index contributed by atoms with van der Waals surface area (Å²) >= 11 is 0. The molecule has 1 fully saturated rings. The highest BCUT2D eigenvalue weighted by atomic mass is 32.2. The highest BCUT2D eigenvalue weighted by Crippen LogP contribution is 2.52. The fourth-order valence-corrected chi connectivity index (χ4v) is 11.9. The molecule has 64 heavy (non-hydrogen) atoms. The van der Waals surface area contributed by atoms with Gasteiger partial charge in [0.15, 0.2) is 7.05 Å². The van der Waals surface area contributed by atoms with E-state index < -0.39 is 46.3 Å². The van der Waals surface area contributed by atoms with Gasteiger partial charge in [0.25, 0.3) is 20.2 Å². The van der Waals surface area contributed by atoms with Crippen LogP contribution in [0.3, 0.4) is 0 Å². The van der Waals surface area contributed by atoms with Gasteiger partial charge in [0.05, 0.1) is 11.5 Å². The van der Waals surface area contributed by atoms with Crippen LogP contribution in [-0.4, -0.2) is 80.9 Å². The maximum Gasteiger partial charge on any atom is 0.429 e. The summed E-state index contributed by atoms with van der Waals surface area (Å²) in [7, 11) is -12.3. The van der Waals surface area contributed by atoms with E-state index >= 15 is 8.78 Å². The zero-order valence-electron chi connectivity index (χ0n) is 37.0. The van der Waals surface area contributed by atoms with Gasteiger partial charge < -0.3 is 9.80 Å². The molecule has 11 nitrogen and oxygen atoms in total. The molecule has 0 atom stereocenters. The van der Waals surface area contributed by atoms with Crippen molar-refractivity contribution < 1.29 is 47.1 Å². The lowest BCUT2D eigenvalue weighted by Gasteiger charge is -2.27. The molecular weight excluding hydrogens is 881 g/mol. The number of fused-ring (bicyclic) bond motifs is 6. The Kier molecular flexibility index (Phi) is 12.7. The second-order valence-corrected chi connectivity index (χ2v) is 23.4. The van der Waals surface area contributed by atoms with Crippen molar-refractivity contribution in [2.24, 2.45) is 0 Å². The maximum absolute atomic E-state index is 15.0. The van der Waals surface area contributed by atoms with Crippen LogP contribution in [0.2, 0.25) is 0 Å². The number of nitrogens with zero attached hydrogens (tertiary/aromatic N) is 3. The summed E-state index contributed by atoms with van der Waals surface area (Å²) in [5.41, 5.74) is 5.74. The van der Waals surface area contributed by atoms with Crippen LogP contribution in [0.1, 0.15) is 84.3 Å². The first kappa shape index (κ1) is 47.2. The van der Waals surface area contributed by atoms with E-state index in [1.54, 1.807) is 0 Å². The van der Waals surface area contributed by atoms with Crippen LogP contribution in [-0.2, 0) is 41.1 Å². The van der Waals surface area contributed by atoms with Crippen LogP contribution in [0.5, 0.6) is 0 Å². The van der Waals surface area contributed by atoms with Crippen LogP contribution < -0.4 is 9.80 Å². The molecule has 1 aliphatic carbocycles. The van der Waals surface area contributed by atoms with Crippen LogP contribution in [0.4, 0.5) is 20.2 Å². The summed E-state index contributed by atoms with van der Waals surface area (Å²) in [5.74, 6) is -0.758. The van der Waals surface area contributed by atoms with Crippen molar-refractivity contribution in [2.45, 2.75) is 89.2 Å². The first-order chi connectivity index (χ1) is 29.8. The van der Waals surface area contributed by atoms with E-state index in [1.807, 2.05) is 85.0 Å². The van der Waals surface area contributed by atoms with Crippen molar-refractivity contribution in [1.29, 1.82) is 0 Å². The molecule has 0 saturated heterocycles. The Balaban J connectivity index is 1.35. The Morgan fingerprint density at radius 3 is 1.39 bits per heavy atom. The van der Waals surface area contributed by atoms with Gasteiger partial charge in [-0.05, 0) is 95.5 Å². The van der Waals surface area contributed by atoms with Gasteiger partial charge in [0.1, 0.15) is 0 Å². The smallest absolute Gasteiger partial charge is 0.344 e. The average Bonchev–Trinajstić information content (AvgIpc) is 3.78. The van der Waals surface area contributed by atoms with Crippen LogP contribution in [0.25, 0.3) is 21.5 Å². The number of allylic oxidation sites excluding steroid dienone is 8. The van der Waals surface area contributed by atoms with Gasteiger partial charge in [-0.3, -0.25) is 9.11 Å². The standard InChI is InChI=1S/C48H55F2N3O8S3/c1-46(2)41(52(29-11-13-31-62(54,55)56)39-25-21-33-15-7-9-17-37(33)43(39)46)27-23-35-19-20-36(45(35)51(6)64(60,61)48(5,49)50)24-28-42-47(3,4)44-38-18-10-8-16-34(38)22-26-40(44)53(42)30-12-14-32-63(57,58)59/h7-10,15-18,21-28H,11-14,19-20,29-32H2,1-6H3,(H-,54,55,56,57,58,59)/p+1. The molecule has 342 valence electrons. The average molecular weight is 937 g/mol. The van der Waals surface area contributed by atoms with Crippen molar-refractivity contribution in [3.8, 4) is 0 Å². The maximum atomic E-state index is 15.0. The second-order valence-electron chi connectivity index (χ2n) is 18.0. The molecule has 0 bridgehead atoms. The van der Waals surface area contributed by atoms with Crippen LogP contribution >= 0.6 is 0 Å². The lowest BCUT2D eigenvalue weighted by Crippen LogP contribution is -2.36. The lowest BCUT2D eigenvalue weighted by atomic mass is 9.81. The number of hydrogen-bond donors (Lipinski definition) is 2. The normalized spacial score (nSPS) is 21.0. The highest BCUT2D eigenvalue weighted by Gasteiger charge is 2.50. The Morgan fingerprint density at radius 1 is 0.625 bits per heavy atom. The SMILES string of the molecule is C[N+](=C1C(=CC=C2N(CCCCS(=O)(=O)O)c3ccc4ccccc4c3C2(C)C)CC/C1=C\C=C1\N(CCCCS(=O)(=O)O)c2ccc3ccccc3c2C1(C)C)S(=O)(=O)C(C)(F)F. The molecule has 0 unspecified atom stereocenters. The van der Waals surface area contributed by atoms with E-state index in [2.05, 4.69) is 49.6 Å². The van der Waals surface area contributed by atoms with Gasteiger partial charge in [-0.2, -0.15) is 34.0 Å². The van der Waals surface area contributed by atoms with Gasteiger partial charge in [-0.25, -0.2) is 0 Å². The molecule has 2 N–H and O–H groups in total. The van der Waals surface area contributed by atoms with Gasteiger partial charge in [0.2, 0.25) is 5.71 Å². The van der Waals surface area contributed by atoms with Crippen LogP contribution in [0, 0.1) is 0 Å². The fraction of sp³-hybridized carbons (Fsp3) is 0.396. The first-order valence-corrected chi connectivity index (χ1v) is 26.1. The van der Waals surface area contributed by atoms with Crippen LogP contribution in [0.15, 0.2) is 120 Å². The molecular formula is C48H56F2N3O8S3+. The molecule has 0 spiro atoms. The molecule has 3 aliphatic rings. The minimum Gasteiger partial charge on any atom is -0.344 e.